The van der Waals surface area contributed by atoms with Gasteiger partial charge in [-0.2, -0.15) is 0 Å². The van der Waals surface area contributed by atoms with Crippen LogP contribution in [0.25, 0.3) is 0 Å². The second-order valence-electron chi connectivity index (χ2n) is 4.03. The molecule has 0 fully saturated rings. The van der Waals surface area contributed by atoms with Crippen molar-refractivity contribution in [2.24, 2.45) is 5.73 Å². The predicted molar refractivity (Wildman–Crippen MR) is 79.9 cm³/mol. The fourth-order valence-corrected chi connectivity index (χ4v) is 2.62. The summed E-state index contributed by atoms with van der Waals surface area (Å²) in [5.41, 5.74) is 6.94. The van der Waals surface area contributed by atoms with Crippen molar-refractivity contribution in [1.82, 2.24) is 9.97 Å². The molecule has 2 aromatic rings. The molecule has 20 heavy (non-hydrogen) atoms. The van der Waals surface area contributed by atoms with Crippen LogP contribution in [0.3, 0.4) is 0 Å². The van der Waals surface area contributed by atoms with Gasteiger partial charge in [-0.3, -0.25) is 14.7 Å². The number of hydrogen-bond acceptors (Lipinski definition) is 5. The number of thiocarbonyl (C=S) groups is 1. The third-order valence-corrected chi connectivity index (χ3v) is 4.02. The summed E-state index contributed by atoms with van der Waals surface area (Å²) in [5, 5.41) is 0. The van der Waals surface area contributed by atoms with Crippen molar-refractivity contribution in [1.29, 1.82) is 0 Å². The highest BCUT2D eigenvalue weighted by molar-refractivity contribution is 7.92. The molecular formula is C12H12N4O2S2. The Bertz CT molecular complexity index is 742. The molecule has 3 N–H and O–H groups in total. The fraction of sp³-hybridized carbons (Fsp3) is 0.0833. The van der Waals surface area contributed by atoms with Crippen molar-refractivity contribution >= 4 is 32.9 Å². The first-order chi connectivity index (χ1) is 9.38. The van der Waals surface area contributed by atoms with Gasteiger partial charge in [0.2, 0.25) is 0 Å². The Kier molecular flexibility index (Phi) is 3.96. The van der Waals surface area contributed by atoms with Gasteiger partial charge in [-0.1, -0.05) is 12.2 Å². The standard InChI is InChI=1S/C12H12N4O2S2/c1-8-6-9(4-5-14-8)16-20(17,18)10-2-3-11(12(13)19)15-7-10/h2-7H,1H3,(H2,13,19)(H,14,16). The SMILES string of the molecule is Cc1cc(NS(=O)(=O)c2ccc(C(N)=S)nc2)ccn1. The van der Waals surface area contributed by atoms with E-state index in [0.29, 0.717) is 17.1 Å². The lowest BCUT2D eigenvalue weighted by Crippen LogP contribution is -2.15. The Morgan fingerprint density at radius 1 is 1.30 bits per heavy atom. The summed E-state index contributed by atoms with van der Waals surface area (Å²) in [5.74, 6) is 0. The van der Waals surface area contributed by atoms with Crippen molar-refractivity contribution in [3.05, 3.63) is 48.0 Å². The van der Waals surface area contributed by atoms with Crippen LogP contribution >= 0.6 is 12.2 Å². The summed E-state index contributed by atoms with van der Waals surface area (Å²) in [6.45, 7) is 1.77. The number of anilines is 1. The van der Waals surface area contributed by atoms with Crippen molar-refractivity contribution in [2.45, 2.75) is 11.8 Å². The van der Waals surface area contributed by atoms with Crippen LogP contribution in [0.15, 0.2) is 41.6 Å². The number of nitrogens with zero attached hydrogens (tertiary/aromatic N) is 2. The quantitative estimate of drug-likeness (QED) is 0.824. The first kappa shape index (κ1) is 14.4. The Balaban J connectivity index is 2.28. The van der Waals surface area contributed by atoms with Gasteiger partial charge in [0.1, 0.15) is 9.88 Å². The van der Waals surface area contributed by atoms with Crippen LogP contribution in [-0.2, 0) is 10.0 Å². The number of aryl methyl sites for hydroxylation is 1. The van der Waals surface area contributed by atoms with E-state index < -0.39 is 10.0 Å². The minimum Gasteiger partial charge on any atom is -0.388 e. The van der Waals surface area contributed by atoms with Crippen LogP contribution in [0.5, 0.6) is 0 Å². The molecule has 0 aliphatic rings. The summed E-state index contributed by atoms with van der Waals surface area (Å²) in [7, 11) is -3.70. The maximum atomic E-state index is 12.2. The first-order valence-electron chi connectivity index (χ1n) is 5.60. The molecule has 0 aliphatic heterocycles. The average Bonchev–Trinajstić information content (AvgIpc) is 2.38. The maximum absolute atomic E-state index is 12.2. The molecule has 8 heteroatoms. The average molecular weight is 308 g/mol. The number of sulfonamides is 1. The zero-order valence-corrected chi connectivity index (χ0v) is 12.2. The van der Waals surface area contributed by atoms with Crippen LogP contribution in [0.2, 0.25) is 0 Å². The van der Waals surface area contributed by atoms with Gasteiger partial charge >= 0.3 is 0 Å². The van der Waals surface area contributed by atoms with Crippen molar-refractivity contribution in [3.8, 4) is 0 Å². The summed E-state index contributed by atoms with van der Waals surface area (Å²) >= 11 is 4.76. The van der Waals surface area contributed by atoms with Gasteiger partial charge in [-0.25, -0.2) is 8.42 Å². The number of rotatable bonds is 4. The van der Waals surface area contributed by atoms with E-state index in [0.717, 1.165) is 0 Å². The minimum atomic E-state index is -3.70. The number of pyridine rings is 2. The van der Waals surface area contributed by atoms with Crippen LogP contribution < -0.4 is 10.5 Å². The molecule has 2 heterocycles. The lowest BCUT2D eigenvalue weighted by Gasteiger charge is -2.08. The number of nitrogens with one attached hydrogen (secondary N) is 1. The fourth-order valence-electron chi connectivity index (χ4n) is 1.51. The molecule has 0 saturated carbocycles. The first-order valence-corrected chi connectivity index (χ1v) is 7.49. The Hall–Kier alpha value is -2.06. The van der Waals surface area contributed by atoms with Crippen molar-refractivity contribution in [2.75, 3.05) is 4.72 Å². The lowest BCUT2D eigenvalue weighted by molar-refractivity contribution is 0.601. The van der Waals surface area contributed by atoms with E-state index in [1.54, 1.807) is 19.1 Å². The van der Waals surface area contributed by atoms with E-state index >= 15 is 0 Å². The molecule has 0 spiro atoms. The van der Waals surface area contributed by atoms with E-state index in [1.165, 1.54) is 24.5 Å². The van der Waals surface area contributed by atoms with Crippen LogP contribution in [0, 0.1) is 6.92 Å². The van der Waals surface area contributed by atoms with E-state index in [2.05, 4.69) is 14.7 Å². The van der Waals surface area contributed by atoms with Crippen molar-refractivity contribution in [3.63, 3.8) is 0 Å². The van der Waals surface area contributed by atoms with E-state index in [9.17, 15) is 8.42 Å². The highest BCUT2D eigenvalue weighted by atomic mass is 32.2. The van der Waals surface area contributed by atoms with Crippen LogP contribution in [-0.4, -0.2) is 23.4 Å². The molecule has 0 amide bonds. The van der Waals surface area contributed by atoms with Gasteiger partial charge in [0.05, 0.1) is 11.4 Å². The van der Waals surface area contributed by atoms with Crippen LogP contribution in [0.4, 0.5) is 5.69 Å². The molecule has 0 aliphatic carbocycles. The molecule has 104 valence electrons. The zero-order chi connectivity index (χ0) is 14.8. The molecule has 6 nitrogen and oxygen atoms in total. The molecule has 0 bridgehead atoms. The number of hydrogen-bond donors (Lipinski definition) is 2. The molecular weight excluding hydrogens is 296 g/mol. The van der Waals surface area contributed by atoms with Gasteiger partial charge in [0.15, 0.2) is 0 Å². The highest BCUT2D eigenvalue weighted by Crippen LogP contribution is 2.15. The molecule has 0 atom stereocenters. The van der Waals surface area contributed by atoms with Crippen molar-refractivity contribution < 1.29 is 8.42 Å². The summed E-state index contributed by atoms with van der Waals surface area (Å²) in [4.78, 5) is 8.06. The third kappa shape index (κ3) is 3.28. The Morgan fingerprint density at radius 2 is 2.05 bits per heavy atom. The summed E-state index contributed by atoms with van der Waals surface area (Å²) < 4.78 is 26.8. The van der Waals surface area contributed by atoms with E-state index in [4.69, 9.17) is 18.0 Å². The second-order valence-corrected chi connectivity index (χ2v) is 6.16. The zero-order valence-electron chi connectivity index (χ0n) is 10.6. The third-order valence-electron chi connectivity index (χ3n) is 2.45. The minimum absolute atomic E-state index is 0.0342. The topological polar surface area (TPSA) is 98.0 Å². The number of nitrogens with two attached hydrogens (primary N) is 1. The lowest BCUT2D eigenvalue weighted by atomic mass is 10.3. The van der Waals surface area contributed by atoms with E-state index in [1.807, 2.05) is 0 Å². The molecule has 2 rings (SSSR count). The van der Waals surface area contributed by atoms with Crippen LogP contribution in [0.1, 0.15) is 11.4 Å². The monoisotopic (exact) mass is 308 g/mol. The largest absolute Gasteiger partial charge is 0.388 e. The van der Waals surface area contributed by atoms with Gasteiger partial charge in [-0.05, 0) is 31.2 Å². The predicted octanol–water partition coefficient (Wildman–Crippen LogP) is 1.22. The smallest absolute Gasteiger partial charge is 0.263 e. The van der Waals surface area contributed by atoms with Gasteiger partial charge < -0.3 is 5.73 Å². The second kappa shape index (κ2) is 5.51. The van der Waals surface area contributed by atoms with Gasteiger partial charge in [0.25, 0.3) is 10.0 Å². The summed E-state index contributed by atoms with van der Waals surface area (Å²) in [6.07, 6.45) is 2.74. The van der Waals surface area contributed by atoms with Gasteiger partial charge in [-0.15, -0.1) is 0 Å². The summed E-state index contributed by atoms with van der Waals surface area (Å²) in [6, 6.07) is 6.07. The molecule has 0 saturated heterocycles. The maximum Gasteiger partial charge on any atom is 0.263 e. The highest BCUT2D eigenvalue weighted by Gasteiger charge is 2.15. The molecule has 0 aromatic carbocycles. The molecule has 0 radical (unpaired) electrons. The van der Waals surface area contributed by atoms with E-state index in [-0.39, 0.29) is 9.88 Å². The normalized spacial score (nSPS) is 11.1. The molecule has 0 unspecified atom stereocenters. The number of aromatic nitrogens is 2. The van der Waals surface area contributed by atoms with Gasteiger partial charge in [0, 0.05) is 18.1 Å². The molecule has 2 aromatic heterocycles. The Morgan fingerprint density at radius 3 is 2.60 bits per heavy atom. The Labute approximate surface area is 122 Å².